The van der Waals surface area contributed by atoms with Crippen molar-refractivity contribution >= 4 is 39.4 Å². The van der Waals surface area contributed by atoms with Crippen molar-refractivity contribution in [3.8, 4) is 0 Å². The van der Waals surface area contributed by atoms with Gasteiger partial charge in [-0.3, -0.25) is 9.59 Å². The van der Waals surface area contributed by atoms with E-state index in [-0.39, 0.29) is 18.9 Å². The van der Waals surface area contributed by atoms with Crippen molar-refractivity contribution in [3.63, 3.8) is 0 Å². The van der Waals surface area contributed by atoms with E-state index in [2.05, 4.69) is 21.2 Å². The molecule has 5 nitrogen and oxygen atoms in total. The van der Waals surface area contributed by atoms with E-state index in [1.54, 1.807) is 12.1 Å². The van der Waals surface area contributed by atoms with Crippen LogP contribution in [-0.4, -0.2) is 36.7 Å². The van der Waals surface area contributed by atoms with Gasteiger partial charge in [0.15, 0.2) is 0 Å². The van der Waals surface area contributed by atoms with Crippen molar-refractivity contribution in [2.45, 2.75) is 12.5 Å². The van der Waals surface area contributed by atoms with Crippen LogP contribution in [0.2, 0.25) is 5.02 Å². The summed E-state index contributed by atoms with van der Waals surface area (Å²) in [5.41, 5.74) is 0.401. The number of carboxylic acids is 1. The predicted molar refractivity (Wildman–Crippen MR) is 74.5 cm³/mol. The number of carbonyl (C=O) groups excluding carboxylic acids is 1. The number of hydrogen-bond acceptors (Lipinski definition) is 3. The molecule has 0 saturated carbocycles. The first-order chi connectivity index (χ1) is 8.93. The van der Waals surface area contributed by atoms with E-state index >= 15 is 0 Å². The van der Waals surface area contributed by atoms with Crippen molar-refractivity contribution in [2.24, 2.45) is 0 Å². The Kier molecular flexibility index (Phi) is 6.27. The maximum Gasteiger partial charge on any atom is 0.306 e. The third kappa shape index (κ3) is 5.18. The van der Waals surface area contributed by atoms with Crippen LogP contribution in [0.15, 0.2) is 22.7 Å². The van der Waals surface area contributed by atoms with Crippen LogP contribution in [0, 0.1) is 0 Å². The Bertz CT molecular complexity index is 481. The van der Waals surface area contributed by atoms with Gasteiger partial charge < -0.3 is 15.2 Å². The summed E-state index contributed by atoms with van der Waals surface area (Å²) in [7, 11) is 1.40. The first kappa shape index (κ1) is 15.9. The van der Waals surface area contributed by atoms with E-state index in [4.69, 9.17) is 21.4 Å². The minimum Gasteiger partial charge on any atom is -0.481 e. The van der Waals surface area contributed by atoms with Crippen molar-refractivity contribution in [1.29, 1.82) is 0 Å². The van der Waals surface area contributed by atoms with E-state index < -0.39 is 12.1 Å². The number of rotatable bonds is 6. The number of nitrogens with one attached hydrogen (secondary N) is 1. The number of carbonyl (C=O) groups is 2. The lowest BCUT2D eigenvalue weighted by Gasteiger charge is -2.14. The van der Waals surface area contributed by atoms with Crippen LogP contribution < -0.4 is 5.32 Å². The van der Waals surface area contributed by atoms with Crippen LogP contribution >= 0.6 is 27.5 Å². The molecule has 0 radical (unpaired) electrons. The Morgan fingerprint density at radius 3 is 2.74 bits per heavy atom. The van der Waals surface area contributed by atoms with Crippen molar-refractivity contribution in [1.82, 2.24) is 5.32 Å². The van der Waals surface area contributed by atoms with E-state index in [1.807, 2.05) is 0 Å². The largest absolute Gasteiger partial charge is 0.481 e. The highest BCUT2D eigenvalue weighted by Gasteiger charge is 2.14. The lowest BCUT2D eigenvalue weighted by molar-refractivity contribution is -0.139. The second-order valence-electron chi connectivity index (χ2n) is 3.79. The highest BCUT2D eigenvalue weighted by Crippen LogP contribution is 2.23. The second kappa shape index (κ2) is 7.47. The summed E-state index contributed by atoms with van der Waals surface area (Å²) in [6.07, 6.45) is -0.731. The standard InChI is InChI=1S/C12H13BrClNO4/c1-19-8(5-11(16)17)6-15-12(18)7-2-3-9(13)10(14)4-7/h2-4,8H,5-6H2,1H3,(H,15,18)(H,16,17). The lowest BCUT2D eigenvalue weighted by Crippen LogP contribution is -2.34. The summed E-state index contributed by atoms with van der Waals surface area (Å²) in [5, 5.41) is 11.7. The first-order valence-corrected chi connectivity index (χ1v) is 6.59. The molecule has 104 valence electrons. The third-order valence-electron chi connectivity index (χ3n) is 2.41. The monoisotopic (exact) mass is 349 g/mol. The highest BCUT2D eigenvalue weighted by atomic mass is 79.9. The number of aliphatic carboxylic acids is 1. The van der Waals surface area contributed by atoms with Crippen LogP contribution in [0.1, 0.15) is 16.8 Å². The van der Waals surface area contributed by atoms with E-state index in [9.17, 15) is 9.59 Å². The Morgan fingerprint density at radius 1 is 1.53 bits per heavy atom. The number of benzene rings is 1. The molecule has 2 N–H and O–H groups in total. The van der Waals surface area contributed by atoms with Gasteiger partial charge in [0.2, 0.25) is 0 Å². The van der Waals surface area contributed by atoms with Crippen LogP contribution in [0.4, 0.5) is 0 Å². The fraction of sp³-hybridized carbons (Fsp3) is 0.333. The zero-order valence-corrected chi connectivity index (χ0v) is 12.5. The summed E-state index contributed by atoms with van der Waals surface area (Å²) in [6.45, 7) is 0.120. The third-order valence-corrected chi connectivity index (χ3v) is 3.64. The van der Waals surface area contributed by atoms with Gasteiger partial charge in [-0.05, 0) is 34.1 Å². The molecule has 1 aromatic rings. The van der Waals surface area contributed by atoms with Gasteiger partial charge in [0, 0.05) is 23.7 Å². The quantitative estimate of drug-likeness (QED) is 0.825. The SMILES string of the molecule is COC(CNC(=O)c1ccc(Br)c(Cl)c1)CC(=O)O. The second-order valence-corrected chi connectivity index (χ2v) is 5.06. The number of halogens is 2. The fourth-order valence-corrected chi connectivity index (χ4v) is 1.81. The van der Waals surface area contributed by atoms with Gasteiger partial charge in [0.05, 0.1) is 17.5 Å². The van der Waals surface area contributed by atoms with Crippen LogP contribution in [-0.2, 0) is 9.53 Å². The fourth-order valence-electron chi connectivity index (χ4n) is 1.38. The molecular formula is C12H13BrClNO4. The summed E-state index contributed by atoms with van der Waals surface area (Å²) in [6, 6.07) is 4.81. The minimum atomic E-state index is -0.979. The maximum atomic E-state index is 11.8. The van der Waals surface area contributed by atoms with Crippen molar-refractivity contribution < 1.29 is 19.4 Å². The number of ether oxygens (including phenoxy) is 1. The van der Waals surface area contributed by atoms with Gasteiger partial charge in [0.25, 0.3) is 5.91 Å². The van der Waals surface area contributed by atoms with E-state index in [1.165, 1.54) is 13.2 Å². The molecule has 0 saturated heterocycles. The molecule has 0 spiro atoms. The lowest BCUT2D eigenvalue weighted by atomic mass is 10.2. The number of amides is 1. The van der Waals surface area contributed by atoms with Crippen LogP contribution in [0.25, 0.3) is 0 Å². The maximum absolute atomic E-state index is 11.8. The molecule has 0 aliphatic carbocycles. The Labute approximate surface area is 124 Å². The van der Waals surface area contributed by atoms with Gasteiger partial charge in [-0.15, -0.1) is 0 Å². The van der Waals surface area contributed by atoms with Gasteiger partial charge in [-0.2, -0.15) is 0 Å². The van der Waals surface area contributed by atoms with Gasteiger partial charge in [-0.1, -0.05) is 11.6 Å². The molecule has 0 fully saturated rings. The Hall–Kier alpha value is -1.11. The van der Waals surface area contributed by atoms with Crippen LogP contribution in [0.3, 0.4) is 0 Å². The zero-order chi connectivity index (χ0) is 14.4. The molecule has 0 heterocycles. The summed E-state index contributed by atoms with van der Waals surface area (Å²) in [5.74, 6) is -1.31. The molecule has 1 unspecified atom stereocenters. The molecule has 1 aromatic carbocycles. The van der Waals surface area contributed by atoms with Gasteiger partial charge >= 0.3 is 5.97 Å². The van der Waals surface area contributed by atoms with Gasteiger partial charge in [0.1, 0.15) is 0 Å². The number of methoxy groups -OCH3 is 1. The molecule has 0 aromatic heterocycles. The zero-order valence-electron chi connectivity index (χ0n) is 10.2. The summed E-state index contributed by atoms with van der Waals surface area (Å²) >= 11 is 9.12. The number of hydrogen-bond donors (Lipinski definition) is 2. The number of carboxylic acid groups (broad SMARTS) is 1. The molecule has 1 amide bonds. The highest BCUT2D eigenvalue weighted by molar-refractivity contribution is 9.10. The first-order valence-electron chi connectivity index (χ1n) is 5.42. The topological polar surface area (TPSA) is 75.6 Å². The Balaban J connectivity index is 2.59. The summed E-state index contributed by atoms with van der Waals surface area (Å²) in [4.78, 5) is 22.4. The average molecular weight is 351 g/mol. The Morgan fingerprint density at radius 2 is 2.21 bits per heavy atom. The molecule has 7 heteroatoms. The summed E-state index contributed by atoms with van der Waals surface area (Å²) < 4.78 is 5.66. The average Bonchev–Trinajstić information content (AvgIpc) is 2.36. The normalized spacial score (nSPS) is 11.9. The molecule has 0 bridgehead atoms. The van der Waals surface area contributed by atoms with Gasteiger partial charge in [-0.25, -0.2) is 0 Å². The molecule has 0 aliphatic rings. The molecule has 19 heavy (non-hydrogen) atoms. The van der Waals surface area contributed by atoms with Crippen molar-refractivity contribution in [3.05, 3.63) is 33.3 Å². The molecule has 1 atom stereocenters. The van der Waals surface area contributed by atoms with Crippen molar-refractivity contribution in [2.75, 3.05) is 13.7 Å². The smallest absolute Gasteiger partial charge is 0.306 e. The molecule has 0 aliphatic heterocycles. The molecular weight excluding hydrogens is 337 g/mol. The van der Waals surface area contributed by atoms with E-state index in [0.29, 0.717) is 15.1 Å². The minimum absolute atomic E-state index is 0.120. The molecule has 1 rings (SSSR count). The predicted octanol–water partition coefficient (Wildman–Crippen LogP) is 2.32. The van der Waals surface area contributed by atoms with Crippen LogP contribution in [0.5, 0.6) is 0 Å². The van der Waals surface area contributed by atoms with E-state index in [0.717, 1.165) is 0 Å².